The number of hydrogen-bond acceptors (Lipinski definition) is 4. The number of methoxy groups -OCH3 is 1. The molecule has 0 aromatic heterocycles. The fourth-order valence-corrected chi connectivity index (χ4v) is 3.14. The molecule has 2 aromatic rings. The molecule has 122 valence electrons. The number of rotatable bonds is 5. The first-order valence-corrected chi connectivity index (χ1v) is 7.96. The maximum absolute atomic E-state index is 11.6. The van der Waals surface area contributed by atoms with Crippen LogP contribution in [0.5, 0.6) is 5.75 Å². The molecule has 0 bridgehead atoms. The molecule has 0 unspecified atom stereocenters. The number of morpholine rings is 1. The van der Waals surface area contributed by atoms with Crippen molar-refractivity contribution in [2.24, 2.45) is 0 Å². The van der Waals surface area contributed by atoms with Gasteiger partial charge in [-0.3, -0.25) is 0 Å². The number of aliphatic hydroxyl groups is 1. The van der Waals surface area contributed by atoms with Crippen LogP contribution < -0.4 is 10.1 Å². The van der Waals surface area contributed by atoms with E-state index in [4.69, 9.17) is 9.47 Å². The zero-order valence-electron chi connectivity index (χ0n) is 13.4. The normalized spacial score (nSPS) is 20.7. The molecule has 23 heavy (non-hydrogen) atoms. The van der Waals surface area contributed by atoms with Crippen molar-refractivity contribution in [1.82, 2.24) is 5.32 Å². The summed E-state index contributed by atoms with van der Waals surface area (Å²) in [6, 6.07) is 17.5. The maximum Gasteiger partial charge on any atom is 0.122 e. The molecule has 0 spiro atoms. The fraction of sp³-hybridized carbons (Fsp3) is 0.368. The minimum atomic E-state index is -1.11. The summed E-state index contributed by atoms with van der Waals surface area (Å²) >= 11 is 0. The van der Waals surface area contributed by atoms with Crippen LogP contribution in [0.1, 0.15) is 11.1 Å². The van der Waals surface area contributed by atoms with Crippen LogP contribution in [-0.4, -0.2) is 38.0 Å². The lowest BCUT2D eigenvalue weighted by atomic mass is 9.81. The SMILES string of the molecule is COc1ccccc1C[C@@](O)(c1ccccc1)[C@H]1CNCCO1. The van der Waals surface area contributed by atoms with E-state index in [1.807, 2.05) is 54.6 Å². The third-order valence-corrected chi connectivity index (χ3v) is 4.39. The summed E-state index contributed by atoms with van der Waals surface area (Å²) in [5, 5.41) is 14.9. The summed E-state index contributed by atoms with van der Waals surface area (Å²) in [5.41, 5.74) is 0.721. The van der Waals surface area contributed by atoms with Crippen LogP contribution in [0.4, 0.5) is 0 Å². The Balaban J connectivity index is 1.98. The quantitative estimate of drug-likeness (QED) is 0.888. The fourth-order valence-electron chi connectivity index (χ4n) is 3.14. The van der Waals surface area contributed by atoms with Gasteiger partial charge in [-0.15, -0.1) is 0 Å². The molecule has 0 amide bonds. The molecular weight excluding hydrogens is 290 g/mol. The maximum atomic E-state index is 11.6. The van der Waals surface area contributed by atoms with E-state index in [9.17, 15) is 5.11 Å². The molecule has 1 aliphatic heterocycles. The predicted octanol–water partition coefficient (Wildman–Crippen LogP) is 2.11. The molecule has 1 saturated heterocycles. The highest BCUT2D eigenvalue weighted by atomic mass is 16.5. The molecule has 1 aliphatic rings. The van der Waals surface area contributed by atoms with Gasteiger partial charge in [-0.25, -0.2) is 0 Å². The first-order valence-electron chi connectivity index (χ1n) is 7.96. The Labute approximate surface area is 137 Å². The molecule has 1 fully saturated rings. The second-order valence-electron chi connectivity index (χ2n) is 5.84. The largest absolute Gasteiger partial charge is 0.496 e. The van der Waals surface area contributed by atoms with E-state index in [1.165, 1.54) is 0 Å². The molecule has 1 heterocycles. The van der Waals surface area contributed by atoms with Gasteiger partial charge in [0.15, 0.2) is 0 Å². The van der Waals surface area contributed by atoms with E-state index in [1.54, 1.807) is 7.11 Å². The van der Waals surface area contributed by atoms with Gasteiger partial charge in [0.2, 0.25) is 0 Å². The van der Waals surface area contributed by atoms with Crippen molar-refractivity contribution < 1.29 is 14.6 Å². The van der Waals surface area contributed by atoms with E-state index in [0.717, 1.165) is 23.4 Å². The number of hydrogen-bond donors (Lipinski definition) is 2. The topological polar surface area (TPSA) is 50.7 Å². The van der Waals surface area contributed by atoms with E-state index in [2.05, 4.69) is 5.32 Å². The molecule has 3 rings (SSSR count). The van der Waals surface area contributed by atoms with E-state index in [-0.39, 0.29) is 6.10 Å². The Hall–Kier alpha value is -1.88. The van der Waals surface area contributed by atoms with Gasteiger partial charge in [0.05, 0.1) is 13.7 Å². The average molecular weight is 313 g/mol. The van der Waals surface area contributed by atoms with Crippen molar-refractivity contribution in [2.45, 2.75) is 18.1 Å². The van der Waals surface area contributed by atoms with Crippen molar-refractivity contribution in [3.05, 3.63) is 65.7 Å². The van der Waals surface area contributed by atoms with Crippen LogP contribution in [-0.2, 0) is 16.8 Å². The summed E-state index contributed by atoms with van der Waals surface area (Å²) in [7, 11) is 1.65. The summed E-state index contributed by atoms with van der Waals surface area (Å²) in [6.45, 7) is 2.04. The lowest BCUT2D eigenvalue weighted by Gasteiger charge is -2.39. The third-order valence-electron chi connectivity index (χ3n) is 4.39. The van der Waals surface area contributed by atoms with E-state index in [0.29, 0.717) is 19.6 Å². The zero-order chi connectivity index (χ0) is 16.1. The van der Waals surface area contributed by atoms with Gasteiger partial charge < -0.3 is 19.9 Å². The van der Waals surface area contributed by atoms with Crippen LogP contribution in [0.15, 0.2) is 54.6 Å². The lowest BCUT2D eigenvalue weighted by molar-refractivity contribution is -0.124. The van der Waals surface area contributed by atoms with Gasteiger partial charge in [-0.1, -0.05) is 48.5 Å². The third kappa shape index (κ3) is 3.39. The van der Waals surface area contributed by atoms with Crippen LogP contribution in [0.25, 0.3) is 0 Å². The zero-order valence-corrected chi connectivity index (χ0v) is 13.4. The van der Waals surface area contributed by atoms with Crippen LogP contribution in [0, 0.1) is 0 Å². The average Bonchev–Trinajstić information content (AvgIpc) is 2.63. The smallest absolute Gasteiger partial charge is 0.122 e. The van der Waals surface area contributed by atoms with Crippen molar-refractivity contribution in [3.63, 3.8) is 0 Å². The molecule has 0 aliphatic carbocycles. The first kappa shape index (κ1) is 16.0. The molecule has 4 heteroatoms. The van der Waals surface area contributed by atoms with Gasteiger partial charge in [0.1, 0.15) is 17.5 Å². The second-order valence-corrected chi connectivity index (χ2v) is 5.84. The number of nitrogens with one attached hydrogen (secondary N) is 1. The van der Waals surface area contributed by atoms with Crippen molar-refractivity contribution in [2.75, 3.05) is 26.8 Å². The van der Waals surface area contributed by atoms with Crippen LogP contribution >= 0.6 is 0 Å². The van der Waals surface area contributed by atoms with Crippen molar-refractivity contribution in [1.29, 1.82) is 0 Å². The summed E-state index contributed by atoms with van der Waals surface area (Å²) in [6.07, 6.45) is 0.136. The van der Waals surface area contributed by atoms with Gasteiger partial charge in [0, 0.05) is 19.5 Å². The molecule has 2 aromatic carbocycles. The van der Waals surface area contributed by atoms with Gasteiger partial charge in [-0.2, -0.15) is 0 Å². The number of para-hydroxylation sites is 1. The molecule has 2 N–H and O–H groups in total. The van der Waals surface area contributed by atoms with Gasteiger partial charge >= 0.3 is 0 Å². The Bertz CT molecular complexity index is 626. The second kappa shape index (κ2) is 7.13. The van der Waals surface area contributed by atoms with Crippen molar-refractivity contribution in [3.8, 4) is 5.75 Å². The first-order chi connectivity index (χ1) is 11.2. The highest BCUT2D eigenvalue weighted by molar-refractivity contribution is 5.37. The Kier molecular flexibility index (Phi) is 4.96. The minimum Gasteiger partial charge on any atom is -0.496 e. The summed E-state index contributed by atoms with van der Waals surface area (Å²) in [5.74, 6) is 0.783. The van der Waals surface area contributed by atoms with E-state index < -0.39 is 5.60 Å². The monoisotopic (exact) mass is 313 g/mol. The summed E-state index contributed by atoms with van der Waals surface area (Å²) < 4.78 is 11.3. The molecule has 2 atom stereocenters. The number of benzene rings is 2. The summed E-state index contributed by atoms with van der Waals surface area (Å²) in [4.78, 5) is 0. The molecule has 4 nitrogen and oxygen atoms in total. The molecular formula is C19H23NO3. The standard InChI is InChI=1S/C19H23NO3/c1-22-17-10-6-5-7-15(17)13-19(21,16-8-3-2-4-9-16)18-14-20-11-12-23-18/h2-10,18,20-21H,11-14H2,1H3/t18-,19-/m1/s1. The highest BCUT2D eigenvalue weighted by Crippen LogP contribution is 2.34. The molecule has 0 radical (unpaired) electrons. The Morgan fingerprint density at radius 1 is 1.17 bits per heavy atom. The lowest BCUT2D eigenvalue weighted by Crippen LogP contribution is -2.52. The van der Waals surface area contributed by atoms with E-state index >= 15 is 0 Å². The van der Waals surface area contributed by atoms with Crippen LogP contribution in [0.2, 0.25) is 0 Å². The Morgan fingerprint density at radius 3 is 2.61 bits per heavy atom. The highest BCUT2D eigenvalue weighted by Gasteiger charge is 2.40. The van der Waals surface area contributed by atoms with Crippen LogP contribution in [0.3, 0.4) is 0 Å². The predicted molar refractivity (Wildman–Crippen MR) is 89.6 cm³/mol. The Morgan fingerprint density at radius 2 is 1.91 bits per heavy atom. The van der Waals surface area contributed by atoms with Crippen molar-refractivity contribution >= 4 is 0 Å². The minimum absolute atomic E-state index is 0.302. The van der Waals surface area contributed by atoms with Gasteiger partial charge in [0.25, 0.3) is 0 Å². The van der Waals surface area contributed by atoms with Gasteiger partial charge in [-0.05, 0) is 17.2 Å². The number of ether oxygens (including phenoxy) is 2. The molecule has 0 saturated carbocycles.